The molecule has 1 aromatic carbocycles. The summed E-state index contributed by atoms with van der Waals surface area (Å²) < 4.78 is 5.24. The number of hydrogen-bond acceptors (Lipinski definition) is 6. The van der Waals surface area contributed by atoms with E-state index in [0.717, 1.165) is 21.9 Å². The third-order valence-electron chi connectivity index (χ3n) is 4.48. The summed E-state index contributed by atoms with van der Waals surface area (Å²) in [5, 5.41) is 10.4. The van der Waals surface area contributed by atoms with Crippen molar-refractivity contribution in [3.8, 4) is 17.0 Å². The fraction of sp³-hybridized carbons (Fsp3) is 0.263. The number of carbonyl (C=O) groups is 2. The number of rotatable bonds is 4. The van der Waals surface area contributed by atoms with Crippen LogP contribution in [0, 0.1) is 0 Å². The van der Waals surface area contributed by atoms with E-state index in [9.17, 15) is 9.59 Å². The van der Waals surface area contributed by atoms with Gasteiger partial charge in [0, 0.05) is 30.3 Å². The summed E-state index contributed by atoms with van der Waals surface area (Å²) in [7, 11) is 1.61. The standard InChI is InChI=1S/C19H19N5O3S/c1-11(25)20-19-21-14-6-7-24(10-17(14)28-19)18(26)16-9-15(22-23-16)12-4-3-5-13(8-12)27-2/h3-5,8-9H,6-7,10H2,1-2H3,(H,22,23)(H,20,21,25). The molecule has 1 aliphatic rings. The molecule has 0 spiro atoms. The number of H-pyrrole nitrogens is 1. The van der Waals surface area contributed by atoms with Crippen molar-refractivity contribution in [3.63, 3.8) is 0 Å². The fourth-order valence-corrected chi connectivity index (χ4v) is 4.17. The number of benzene rings is 1. The highest BCUT2D eigenvalue weighted by Crippen LogP contribution is 2.29. The number of methoxy groups -OCH3 is 1. The molecule has 28 heavy (non-hydrogen) atoms. The molecule has 3 aromatic rings. The van der Waals surface area contributed by atoms with Crippen molar-refractivity contribution >= 4 is 28.3 Å². The number of aromatic nitrogens is 3. The van der Waals surface area contributed by atoms with Crippen LogP contribution < -0.4 is 10.1 Å². The van der Waals surface area contributed by atoms with Crippen LogP contribution >= 0.6 is 11.3 Å². The van der Waals surface area contributed by atoms with Gasteiger partial charge in [-0.3, -0.25) is 14.7 Å². The van der Waals surface area contributed by atoms with Gasteiger partial charge in [0.1, 0.15) is 11.4 Å². The van der Waals surface area contributed by atoms with Gasteiger partial charge in [0.2, 0.25) is 5.91 Å². The molecule has 4 rings (SSSR count). The number of fused-ring (bicyclic) bond motifs is 1. The first-order valence-electron chi connectivity index (χ1n) is 8.79. The molecule has 2 aromatic heterocycles. The van der Waals surface area contributed by atoms with Crippen molar-refractivity contribution in [1.82, 2.24) is 20.1 Å². The highest BCUT2D eigenvalue weighted by atomic mass is 32.1. The maximum absolute atomic E-state index is 12.9. The van der Waals surface area contributed by atoms with Crippen LogP contribution in [-0.2, 0) is 17.8 Å². The van der Waals surface area contributed by atoms with Gasteiger partial charge < -0.3 is 15.0 Å². The van der Waals surface area contributed by atoms with E-state index in [-0.39, 0.29) is 11.8 Å². The molecule has 8 nitrogen and oxygen atoms in total. The minimum atomic E-state index is -0.151. The first-order valence-corrected chi connectivity index (χ1v) is 9.60. The Labute approximate surface area is 165 Å². The minimum Gasteiger partial charge on any atom is -0.497 e. The number of thiazole rings is 1. The highest BCUT2D eigenvalue weighted by molar-refractivity contribution is 7.15. The molecule has 0 saturated heterocycles. The topological polar surface area (TPSA) is 100 Å². The molecule has 144 valence electrons. The van der Waals surface area contributed by atoms with Crippen molar-refractivity contribution in [1.29, 1.82) is 0 Å². The second-order valence-corrected chi connectivity index (χ2v) is 7.53. The van der Waals surface area contributed by atoms with Crippen LogP contribution in [0.1, 0.15) is 28.0 Å². The largest absolute Gasteiger partial charge is 0.497 e. The Morgan fingerprint density at radius 3 is 2.96 bits per heavy atom. The SMILES string of the molecule is COc1cccc(-c2cc(C(=O)N3CCc4nc(NC(C)=O)sc4C3)[nH]n2)c1. The Morgan fingerprint density at radius 1 is 1.32 bits per heavy atom. The van der Waals surface area contributed by atoms with E-state index < -0.39 is 0 Å². The van der Waals surface area contributed by atoms with E-state index in [1.54, 1.807) is 18.1 Å². The smallest absolute Gasteiger partial charge is 0.272 e. The molecule has 0 atom stereocenters. The molecule has 0 radical (unpaired) electrons. The van der Waals surface area contributed by atoms with Crippen molar-refractivity contribution in [2.45, 2.75) is 19.9 Å². The van der Waals surface area contributed by atoms with Crippen LogP contribution in [0.2, 0.25) is 0 Å². The maximum atomic E-state index is 12.9. The molecular weight excluding hydrogens is 378 g/mol. The van der Waals surface area contributed by atoms with E-state index in [1.807, 2.05) is 24.3 Å². The number of hydrogen-bond donors (Lipinski definition) is 2. The van der Waals surface area contributed by atoms with Gasteiger partial charge >= 0.3 is 0 Å². The number of ether oxygens (including phenoxy) is 1. The molecule has 0 fully saturated rings. The molecule has 3 heterocycles. The lowest BCUT2D eigenvalue weighted by atomic mass is 10.1. The van der Waals surface area contributed by atoms with Crippen LogP contribution in [0.5, 0.6) is 5.75 Å². The van der Waals surface area contributed by atoms with Gasteiger partial charge in [-0.05, 0) is 18.2 Å². The number of nitrogens with zero attached hydrogens (tertiary/aromatic N) is 3. The van der Waals surface area contributed by atoms with Crippen molar-refractivity contribution < 1.29 is 14.3 Å². The summed E-state index contributed by atoms with van der Waals surface area (Å²) in [4.78, 5) is 31.3. The van der Waals surface area contributed by atoms with Crippen molar-refractivity contribution in [2.24, 2.45) is 0 Å². The van der Waals surface area contributed by atoms with Gasteiger partial charge in [-0.1, -0.05) is 23.5 Å². The quantitative estimate of drug-likeness (QED) is 0.705. The third-order valence-corrected chi connectivity index (χ3v) is 5.47. The molecule has 2 N–H and O–H groups in total. The number of nitrogens with one attached hydrogen (secondary N) is 2. The van der Waals surface area contributed by atoms with E-state index in [2.05, 4.69) is 20.5 Å². The van der Waals surface area contributed by atoms with E-state index in [1.165, 1.54) is 18.3 Å². The summed E-state index contributed by atoms with van der Waals surface area (Å²) in [6.07, 6.45) is 0.661. The zero-order valence-electron chi connectivity index (χ0n) is 15.5. The van der Waals surface area contributed by atoms with Crippen molar-refractivity contribution in [2.75, 3.05) is 19.0 Å². The van der Waals surface area contributed by atoms with E-state index in [4.69, 9.17) is 4.74 Å². The number of anilines is 1. The van der Waals surface area contributed by atoms with Gasteiger partial charge in [0.15, 0.2) is 5.13 Å². The van der Waals surface area contributed by atoms with Crippen LogP contribution in [-0.4, -0.2) is 45.6 Å². The monoisotopic (exact) mass is 397 g/mol. The average Bonchev–Trinajstić information content (AvgIpc) is 3.33. The summed E-state index contributed by atoms with van der Waals surface area (Å²) in [5.74, 6) is 0.473. The predicted molar refractivity (Wildman–Crippen MR) is 105 cm³/mol. The van der Waals surface area contributed by atoms with Crippen LogP contribution in [0.15, 0.2) is 30.3 Å². The molecule has 2 amide bonds. The molecule has 0 aliphatic carbocycles. The molecule has 0 bridgehead atoms. The summed E-state index contributed by atoms with van der Waals surface area (Å²) in [5.41, 5.74) is 2.94. The van der Waals surface area contributed by atoms with Crippen LogP contribution in [0.4, 0.5) is 5.13 Å². The second-order valence-electron chi connectivity index (χ2n) is 6.45. The normalized spacial score (nSPS) is 13.1. The minimum absolute atomic E-state index is 0.109. The second kappa shape index (κ2) is 7.43. The predicted octanol–water partition coefficient (Wildman–Crippen LogP) is 2.70. The Morgan fingerprint density at radius 2 is 2.18 bits per heavy atom. The summed E-state index contributed by atoms with van der Waals surface area (Å²) in [6, 6.07) is 9.28. The fourth-order valence-electron chi connectivity index (χ4n) is 3.10. The van der Waals surface area contributed by atoms with Gasteiger partial charge in [-0.2, -0.15) is 5.10 Å². The van der Waals surface area contributed by atoms with Gasteiger partial charge in [-0.15, -0.1) is 0 Å². The van der Waals surface area contributed by atoms with Crippen LogP contribution in [0.3, 0.4) is 0 Å². The zero-order chi connectivity index (χ0) is 19.7. The molecule has 0 unspecified atom stereocenters. The molecule has 1 aliphatic heterocycles. The van der Waals surface area contributed by atoms with E-state index >= 15 is 0 Å². The lowest BCUT2D eigenvalue weighted by Gasteiger charge is -2.25. The Hall–Kier alpha value is -3.20. The summed E-state index contributed by atoms with van der Waals surface area (Å²) in [6.45, 7) is 2.50. The Kier molecular flexibility index (Phi) is 4.82. The first-order chi connectivity index (χ1) is 13.5. The summed E-state index contributed by atoms with van der Waals surface area (Å²) >= 11 is 1.41. The molecular formula is C19H19N5O3S. The van der Waals surface area contributed by atoms with Crippen molar-refractivity contribution in [3.05, 3.63) is 46.6 Å². The lowest BCUT2D eigenvalue weighted by Crippen LogP contribution is -2.35. The Balaban J connectivity index is 1.50. The van der Waals surface area contributed by atoms with E-state index in [0.29, 0.717) is 36.0 Å². The van der Waals surface area contributed by atoms with Crippen LogP contribution in [0.25, 0.3) is 11.3 Å². The highest BCUT2D eigenvalue weighted by Gasteiger charge is 2.26. The van der Waals surface area contributed by atoms with Gasteiger partial charge in [0.25, 0.3) is 5.91 Å². The number of aromatic amines is 1. The molecule has 0 saturated carbocycles. The van der Waals surface area contributed by atoms with Gasteiger partial charge in [0.05, 0.1) is 25.0 Å². The van der Waals surface area contributed by atoms with Gasteiger partial charge in [-0.25, -0.2) is 4.98 Å². The third kappa shape index (κ3) is 3.61. The maximum Gasteiger partial charge on any atom is 0.272 e. The Bertz CT molecular complexity index is 1040. The first kappa shape index (κ1) is 18.2. The zero-order valence-corrected chi connectivity index (χ0v) is 16.3. The number of amides is 2. The number of carbonyl (C=O) groups excluding carboxylic acids is 2. The molecule has 9 heteroatoms. The lowest BCUT2D eigenvalue weighted by molar-refractivity contribution is -0.114. The average molecular weight is 397 g/mol.